The molecule has 0 bridgehead atoms. The van der Waals surface area contributed by atoms with E-state index in [1.54, 1.807) is 0 Å². The van der Waals surface area contributed by atoms with Crippen LogP contribution in [0.25, 0.3) is 0 Å². The standard InChI is InChI=1S/C60H100O6/c1-4-7-10-13-16-18-20-22-24-25-26-27-28-29-30-31-32-33-34-35-37-38-40-42-44-47-50-53-59(62)65-56-57(55-64-58(61)52-49-46-15-12-9-6-3)66-60(63)54-51-48-45-43-41-39-36-23-21-19-17-14-11-8-5-2/h7,10,16-19,22-24,26-27,29-30,32-33,36,57H,4-6,8-9,11-15,20-21,25,28,31,34-35,37-56H2,1-3H3/b10-7-,18-16-,19-17-,24-22-,27-26-,30-29-,33-32-,36-23-. The molecule has 1 atom stereocenters. The number of rotatable bonds is 48. The van der Waals surface area contributed by atoms with Crippen LogP contribution in [0.3, 0.4) is 0 Å². The van der Waals surface area contributed by atoms with Gasteiger partial charge in [0.15, 0.2) is 6.10 Å². The minimum Gasteiger partial charge on any atom is -0.462 e. The van der Waals surface area contributed by atoms with Crippen molar-refractivity contribution in [3.63, 3.8) is 0 Å². The smallest absolute Gasteiger partial charge is 0.306 e. The molecule has 66 heavy (non-hydrogen) atoms. The maximum atomic E-state index is 12.7. The highest BCUT2D eigenvalue weighted by atomic mass is 16.6. The molecule has 1 unspecified atom stereocenters. The molecule has 0 aliphatic carbocycles. The number of esters is 3. The third-order valence-corrected chi connectivity index (χ3v) is 11.3. The Morgan fingerprint density at radius 1 is 0.318 bits per heavy atom. The van der Waals surface area contributed by atoms with Crippen LogP contribution in [-0.4, -0.2) is 37.2 Å². The molecule has 6 nitrogen and oxygen atoms in total. The highest BCUT2D eigenvalue weighted by Crippen LogP contribution is 2.14. The van der Waals surface area contributed by atoms with E-state index >= 15 is 0 Å². The number of hydrogen-bond donors (Lipinski definition) is 0. The van der Waals surface area contributed by atoms with Crippen LogP contribution in [0.2, 0.25) is 0 Å². The summed E-state index contributed by atoms with van der Waals surface area (Å²) in [6.07, 6.45) is 71.4. The summed E-state index contributed by atoms with van der Waals surface area (Å²) < 4.78 is 16.7. The summed E-state index contributed by atoms with van der Waals surface area (Å²) in [6, 6.07) is 0. The summed E-state index contributed by atoms with van der Waals surface area (Å²) in [5.41, 5.74) is 0. The molecular formula is C60H100O6. The Balaban J connectivity index is 4.18. The second-order valence-electron chi connectivity index (χ2n) is 17.8. The van der Waals surface area contributed by atoms with E-state index in [0.717, 1.165) is 128 Å². The topological polar surface area (TPSA) is 78.9 Å². The van der Waals surface area contributed by atoms with Gasteiger partial charge in [-0.15, -0.1) is 0 Å². The van der Waals surface area contributed by atoms with Crippen molar-refractivity contribution in [2.75, 3.05) is 13.2 Å². The normalized spacial score (nSPS) is 12.8. The number of carbonyl (C=O) groups excluding carboxylic acids is 3. The van der Waals surface area contributed by atoms with Gasteiger partial charge in [-0.3, -0.25) is 14.4 Å². The first-order valence-corrected chi connectivity index (χ1v) is 27.2. The number of allylic oxidation sites excluding steroid dienone is 16. The maximum Gasteiger partial charge on any atom is 0.306 e. The highest BCUT2D eigenvalue weighted by Gasteiger charge is 2.19. The molecule has 0 heterocycles. The van der Waals surface area contributed by atoms with Gasteiger partial charge in [0.2, 0.25) is 0 Å². The van der Waals surface area contributed by atoms with Crippen molar-refractivity contribution >= 4 is 17.9 Å². The number of carbonyl (C=O) groups is 3. The van der Waals surface area contributed by atoms with Gasteiger partial charge in [0.1, 0.15) is 13.2 Å². The quantitative estimate of drug-likeness (QED) is 0.0262. The van der Waals surface area contributed by atoms with Crippen LogP contribution in [0.5, 0.6) is 0 Å². The molecular weight excluding hydrogens is 817 g/mol. The molecule has 0 fully saturated rings. The third-order valence-electron chi connectivity index (χ3n) is 11.3. The van der Waals surface area contributed by atoms with Gasteiger partial charge in [0.25, 0.3) is 0 Å². The van der Waals surface area contributed by atoms with Crippen LogP contribution in [0, 0.1) is 0 Å². The van der Waals surface area contributed by atoms with Crippen LogP contribution < -0.4 is 0 Å². The van der Waals surface area contributed by atoms with Crippen molar-refractivity contribution in [1.82, 2.24) is 0 Å². The van der Waals surface area contributed by atoms with Crippen LogP contribution in [0.4, 0.5) is 0 Å². The predicted octanol–water partition coefficient (Wildman–Crippen LogP) is 18.1. The lowest BCUT2D eigenvalue weighted by Crippen LogP contribution is -2.30. The summed E-state index contributed by atoms with van der Waals surface area (Å²) >= 11 is 0. The Morgan fingerprint density at radius 3 is 0.955 bits per heavy atom. The average molecular weight is 917 g/mol. The molecule has 0 aliphatic heterocycles. The monoisotopic (exact) mass is 917 g/mol. The van der Waals surface area contributed by atoms with Gasteiger partial charge in [-0.05, 0) is 103 Å². The van der Waals surface area contributed by atoms with E-state index in [1.807, 2.05) is 0 Å². The van der Waals surface area contributed by atoms with Gasteiger partial charge >= 0.3 is 17.9 Å². The van der Waals surface area contributed by atoms with Crippen molar-refractivity contribution in [3.8, 4) is 0 Å². The van der Waals surface area contributed by atoms with Gasteiger partial charge in [-0.25, -0.2) is 0 Å². The molecule has 0 N–H and O–H groups in total. The minimum atomic E-state index is -0.785. The number of ether oxygens (including phenoxy) is 3. The van der Waals surface area contributed by atoms with E-state index in [9.17, 15) is 14.4 Å². The summed E-state index contributed by atoms with van der Waals surface area (Å²) in [7, 11) is 0. The summed E-state index contributed by atoms with van der Waals surface area (Å²) in [6.45, 7) is 6.41. The largest absolute Gasteiger partial charge is 0.462 e. The third kappa shape index (κ3) is 51.3. The van der Waals surface area contributed by atoms with Gasteiger partial charge in [0.05, 0.1) is 0 Å². The molecule has 0 rings (SSSR count). The lowest BCUT2D eigenvalue weighted by Gasteiger charge is -2.18. The van der Waals surface area contributed by atoms with Crippen molar-refractivity contribution in [2.45, 2.75) is 252 Å². The summed E-state index contributed by atoms with van der Waals surface area (Å²) in [5.74, 6) is -0.920. The molecule has 0 aliphatic rings. The summed E-state index contributed by atoms with van der Waals surface area (Å²) in [4.78, 5) is 37.8. The molecule has 0 saturated carbocycles. The fourth-order valence-electron chi connectivity index (χ4n) is 7.24. The molecule has 0 radical (unpaired) electrons. The highest BCUT2D eigenvalue weighted by molar-refractivity contribution is 5.71. The average Bonchev–Trinajstić information content (AvgIpc) is 3.31. The molecule has 0 aromatic rings. The van der Waals surface area contributed by atoms with Crippen LogP contribution in [0.15, 0.2) is 97.2 Å². The molecule has 0 aromatic heterocycles. The van der Waals surface area contributed by atoms with E-state index in [4.69, 9.17) is 14.2 Å². The van der Waals surface area contributed by atoms with Crippen LogP contribution in [0.1, 0.15) is 245 Å². The van der Waals surface area contributed by atoms with E-state index in [0.29, 0.717) is 19.3 Å². The van der Waals surface area contributed by atoms with Crippen molar-refractivity contribution in [3.05, 3.63) is 97.2 Å². The number of hydrogen-bond acceptors (Lipinski definition) is 6. The van der Waals surface area contributed by atoms with Crippen molar-refractivity contribution in [2.24, 2.45) is 0 Å². The van der Waals surface area contributed by atoms with Gasteiger partial charge in [-0.1, -0.05) is 221 Å². The molecule has 0 aromatic carbocycles. The Morgan fingerprint density at radius 2 is 0.591 bits per heavy atom. The van der Waals surface area contributed by atoms with Crippen LogP contribution >= 0.6 is 0 Å². The minimum absolute atomic E-state index is 0.0861. The lowest BCUT2D eigenvalue weighted by atomic mass is 10.1. The first kappa shape index (κ1) is 62.3. The zero-order chi connectivity index (χ0) is 47.9. The number of unbranched alkanes of at least 4 members (excludes halogenated alkanes) is 21. The van der Waals surface area contributed by atoms with Gasteiger partial charge in [-0.2, -0.15) is 0 Å². The Hall–Kier alpha value is -3.67. The van der Waals surface area contributed by atoms with Crippen molar-refractivity contribution < 1.29 is 28.6 Å². The second kappa shape index (κ2) is 53.9. The van der Waals surface area contributed by atoms with E-state index in [-0.39, 0.29) is 31.1 Å². The molecule has 0 spiro atoms. The molecule has 6 heteroatoms. The second-order valence-corrected chi connectivity index (χ2v) is 17.8. The first-order chi connectivity index (χ1) is 32.5. The zero-order valence-corrected chi connectivity index (χ0v) is 42.9. The lowest BCUT2D eigenvalue weighted by molar-refractivity contribution is -0.167. The van der Waals surface area contributed by atoms with Crippen molar-refractivity contribution in [1.29, 1.82) is 0 Å². The van der Waals surface area contributed by atoms with E-state index in [1.165, 1.54) is 77.0 Å². The molecule has 0 amide bonds. The Kier molecular flexibility index (Phi) is 50.9. The summed E-state index contributed by atoms with van der Waals surface area (Å²) in [5, 5.41) is 0. The first-order valence-electron chi connectivity index (χ1n) is 27.2. The Labute approximate surface area is 407 Å². The molecule has 0 saturated heterocycles. The fraction of sp³-hybridized carbons (Fsp3) is 0.683. The molecule has 376 valence electrons. The predicted molar refractivity (Wildman–Crippen MR) is 284 cm³/mol. The van der Waals surface area contributed by atoms with Crippen LogP contribution in [-0.2, 0) is 28.6 Å². The maximum absolute atomic E-state index is 12.7. The van der Waals surface area contributed by atoms with Gasteiger partial charge < -0.3 is 14.2 Å². The zero-order valence-electron chi connectivity index (χ0n) is 42.9. The van der Waals surface area contributed by atoms with E-state index in [2.05, 4.69) is 118 Å². The Bertz CT molecular complexity index is 1330. The fourth-order valence-corrected chi connectivity index (χ4v) is 7.24. The SMILES string of the molecule is CC/C=C\C/C=C\C/C=C\C/C=C\C/C=C\C/C=C\CCCCCCCCCCC(=O)OCC(COC(=O)CCCCCCCC)OC(=O)CCCCCCC/C=C\C/C=C\CCCCC. The van der Waals surface area contributed by atoms with Gasteiger partial charge in [0, 0.05) is 19.3 Å². The van der Waals surface area contributed by atoms with E-state index < -0.39 is 6.10 Å².